The van der Waals surface area contributed by atoms with Gasteiger partial charge >= 0.3 is 0 Å². The molecule has 1 aromatic rings. The lowest BCUT2D eigenvalue weighted by molar-refractivity contribution is -0.116. The van der Waals surface area contributed by atoms with Crippen LogP contribution >= 0.6 is 0 Å². The minimum Gasteiger partial charge on any atom is -0.299 e. The van der Waals surface area contributed by atoms with Gasteiger partial charge in [-0.05, 0) is 12.5 Å². The van der Waals surface area contributed by atoms with E-state index in [9.17, 15) is 13.2 Å². The summed E-state index contributed by atoms with van der Waals surface area (Å²) in [5.74, 6) is -0.621. The van der Waals surface area contributed by atoms with E-state index in [1.807, 2.05) is 6.07 Å². The van der Waals surface area contributed by atoms with Gasteiger partial charge in [0.15, 0.2) is 9.84 Å². The van der Waals surface area contributed by atoms with Crippen molar-refractivity contribution in [3.05, 3.63) is 18.0 Å². The third-order valence-corrected chi connectivity index (χ3v) is 2.85. The van der Waals surface area contributed by atoms with E-state index in [1.54, 1.807) is 17.9 Å². The minimum atomic E-state index is -3.20. The number of carbonyl (C=O) groups excluding carboxylic acids is 1. The molecule has 0 N–H and O–H groups in total. The van der Waals surface area contributed by atoms with Crippen LogP contribution in [0.25, 0.3) is 0 Å². The summed E-state index contributed by atoms with van der Waals surface area (Å²) in [6.07, 6.45) is 3.49. The molecule has 0 bridgehead atoms. The van der Waals surface area contributed by atoms with E-state index in [0.717, 1.165) is 11.9 Å². The zero-order valence-corrected chi connectivity index (χ0v) is 9.62. The molecule has 0 aromatic carbocycles. The van der Waals surface area contributed by atoms with Crippen molar-refractivity contribution in [2.75, 3.05) is 12.0 Å². The zero-order valence-electron chi connectivity index (χ0n) is 8.80. The second kappa shape index (κ2) is 4.57. The first-order valence-electron chi connectivity index (χ1n) is 4.55. The Morgan fingerprint density at radius 1 is 1.53 bits per heavy atom. The Hall–Kier alpha value is -1.17. The summed E-state index contributed by atoms with van der Waals surface area (Å²) < 4.78 is 23.3. The molecule has 0 fully saturated rings. The first-order chi connectivity index (χ1) is 6.88. The lowest BCUT2D eigenvalue weighted by atomic mass is 10.2. The van der Waals surface area contributed by atoms with Crippen LogP contribution in [0.3, 0.4) is 0 Å². The number of rotatable bonds is 5. The zero-order chi connectivity index (χ0) is 11.5. The van der Waals surface area contributed by atoms with Crippen LogP contribution in [0.2, 0.25) is 0 Å². The molecule has 15 heavy (non-hydrogen) atoms. The molecule has 5 nitrogen and oxygen atoms in total. The van der Waals surface area contributed by atoms with E-state index < -0.39 is 9.84 Å². The lowest BCUT2D eigenvalue weighted by Gasteiger charge is -2.00. The van der Waals surface area contributed by atoms with Gasteiger partial charge in [0.05, 0.1) is 0 Å². The smallest absolute Gasteiger partial charge is 0.154 e. The van der Waals surface area contributed by atoms with Gasteiger partial charge in [-0.15, -0.1) is 0 Å². The average Bonchev–Trinajstić information content (AvgIpc) is 2.44. The minimum absolute atomic E-state index is 0.243. The van der Waals surface area contributed by atoms with E-state index in [4.69, 9.17) is 0 Å². The molecule has 0 aliphatic heterocycles. The van der Waals surface area contributed by atoms with Gasteiger partial charge in [0.25, 0.3) is 0 Å². The molecule has 1 heterocycles. The number of sulfone groups is 1. The number of hydrogen-bond acceptors (Lipinski definition) is 4. The molecule has 6 heteroatoms. The number of hydrogen-bond donors (Lipinski definition) is 0. The summed E-state index contributed by atoms with van der Waals surface area (Å²) in [7, 11) is -1.41. The summed E-state index contributed by atoms with van der Waals surface area (Å²) >= 11 is 0. The summed E-state index contributed by atoms with van der Waals surface area (Å²) in [5, 5.41) is 3.96. The fourth-order valence-electron chi connectivity index (χ4n) is 1.28. The Labute approximate surface area is 89.0 Å². The highest BCUT2D eigenvalue weighted by molar-refractivity contribution is 7.91. The molecule has 0 saturated heterocycles. The molecule has 0 spiro atoms. The van der Waals surface area contributed by atoms with E-state index in [0.29, 0.717) is 6.42 Å². The van der Waals surface area contributed by atoms with Crippen molar-refractivity contribution in [2.24, 2.45) is 7.05 Å². The quantitative estimate of drug-likeness (QED) is 0.712. The maximum atomic E-state index is 11.3. The number of Topliss-reactive ketones (excluding diaryl/α,β-unsaturated/α-hetero) is 1. The molecule has 84 valence electrons. The van der Waals surface area contributed by atoms with Crippen molar-refractivity contribution >= 4 is 15.6 Å². The molecule has 1 rings (SSSR count). The number of aromatic nitrogens is 2. The fourth-order valence-corrected chi connectivity index (χ4v) is 2.01. The van der Waals surface area contributed by atoms with Gasteiger partial charge in [-0.2, -0.15) is 5.10 Å². The highest BCUT2D eigenvalue weighted by atomic mass is 32.2. The first-order valence-corrected chi connectivity index (χ1v) is 6.61. The maximum Gasteiger partial charge on any atom is 0.154 e. The molecule has 0 aliphatic carbocycles. The van der Waals surface area contributed by atoms with Gasteiger partial charge in [0.1, 0.15) is 11.5 Å². The van der Waals surface area contributed by atoms with Crippen molar-refractivity contribution in [3.63, 3.8) is 0 Å². The Bertz CT molecular complexity index is 448. The van der Waals surface area contributed by atoms with Crippen molar-refractivity contribution in [2.45, 2.75) is 12.8 Å². The van der Waals surface area contributed by atoms with Gasteiger partial charge < -0.3 is 0 Å². The van der Waals surface area contributed by atoms with Crippen LogP contribution in [0, 0.1) is 0 Å². The molecule has 0 radical (unpaired) electrons. The predicted octanol–water partition coefficient (Wildman–Crippen LogP) is -0.0336. The summed E-state index contributed by atoms with van der Waals surface area (Å²) in [4.78, 5) is 11.3. The van der Waals surface area contributed by atoms with E-state index in [2.05, 4.69) is 5.10 Å². The van der Waals surface area contributed by atoms with Crippen LogP contribution in [0.4, 0.5) is 0 Å². The van der Waals surface area contributed by atoms with E-state index >= 15 is 0 Å². The molecule has 0 saturated carbocycles. The van der Waals surface area contributed by atoms with Crippen molar-refractivity contribution in [1.29, 1.82) is 0 Å². The van der Waals surface area contributed by atoms with Gasteiger partial charge in [-0.1, -0.05) is 0 Å². The molecule has 1 aromatic heterocycles. The Balaban J connectivity index is 2.45. The van der Waals surface area contributed by atoms with Gasteiger partial charge in [-0.3, -0.25) is 9.48 Å². The Kier molecular flexibility index (Phi) is 3.62. The number of carbonyl (C=O) groups is 1. The second-order valence-corrected chi connectivity index (χ2v) is 5.70. The highest BCUT2D eigenvalue weighted by Gasteiger charge is 2.11. The van der Waals surface area contributed by atoms with Crippen LogP contribution in [0.1, 0.15) is 12.1 Å². The van der Waals surface area contributed by atoms with Gasteiger partial charge in [0, 0.05) is 31.6 Å². The number of nitrogens with zero attached hydrogens (tertiary/aromatic N) is 2. The van der Waals surface area contributed by atoms with E-state index in [-0.39, 0.29) is 18.0 Å². The van der Waals surface area contributed by atoms with E-state index in [1.165, 1.54) is 0 Å². The third-order valence-electron chi connectivity index (χ3n) is 2.01. The lowest BCUT2D eigenvalue weighted by Crippen LogP contribution is -2.15. The third kappa shape index (κ3) is 4.24. The summed E-state index contributed by atoms with van der Waals surface area (Å²) in [6.45, 7) is 0. The van der Waals surface area contributed by atoms with Gasteiger partial charge in [0.2, 0.25) is 0 Å². The predicted molar refractivity (Wildman–Crippen MR) is 56.2 cm³/mol. The largest absolute Gasteiger partial charge is 0.299 e. The van der Waals surface area contributed by atoms with Crippen LogP contribution in [0.15, 0.2) is 12.3 Å². The number of aryl methyl sites for hydroxylation is 2. The molecular weight excluding hydrogens is 216 g/mol. The number of ketones is 1. The topological polar surface area (TPSA) is 69.0 Å². The Morgan fingerprint density at radius 3 is 2.67 bits per heavy atom. The standard InChI is InChI=1S/C9H14N2O3S/c1-11-8(5-6-10-11)3-4-9(12)7-15(2,13)14/h5-6H,3-4,7H2,1-2H3. The van der Waals surface area contributed by atoms with Gasteiger partial charge in [-0.25, -0.2) is 8.42 Å². The molecule has 0 unspecified atom stereocenters. The highest BCUT2D eigenvalue weighted by Crippen LogP contribution is 2.02. The SMILES string of the molecule is Cn1nccc1CCC(=O)CS(C)(=O)=O. The van der Waals surface area contributed by atoms with Crippen LogP contribution in [-0.4, -0.2) is 36.0 Å². The second-order valence-electron chi connectivity index (χ2n) is 3.55. The fraction of sp³-hybridized carbons (Fsp3) is 0.556. The molecule has 0 aliphatic rings. The summed E-state index contributed by atoms with van der Waals surface area (Å²) in [6, 6.07) is 1.81. The molecule has 0 amide bonds. The van der Waals surface area contributed by atoms with Crippen molar-refractivity contribution in [3.8, 4) is 0 Å². The van der Waals surface area contributed by atoms with Crippen LogP contribution in [-0.2, 0) is 28.1 Å². The van der Waals surface area contributed by atoms with Crippen LogP contribution in [0.5, 0.6) is 0 Å². The molecular formula is C9H14N2O3S. The van der Waals surface area contributed by atoms with Crippen molar-refractivity contribution < 1.29 is 13.2 Å². The molecule has 0 atom stereocenters. The van der Waals surface area contributed by atoms with Crippen LogP contribution < -0.4 is 0 Å². The van der Waals surface area contributed by atoms with Crippen molar-refractivity contribution in [1.82, 2.24) is 9.78 Å². The monoisotopic (exact) mass is 230 g/mol. The first kappa shape index (κ1) is 11.9. The normalized spacial score (nSPS) is 11.6. The maximum absolute atomic E-state index is 11.3. The summed E-state index contributed by atoms with van der Waals surface area (Å²) in [5.41, 5.74) is 0.928. The Morgan fingerprint density at radius 2 is 2.20 bits per heavy atom. The average molecular weight is 230 g/mol.